The van der Waals surface area contributed by atoms with Crippen molar-refractivity contribution in [1.82, 2.24) is 25.8 Å². The maximum absolute atomic E-state index is 12.3. The van der Waals surface area contributed by atoms with Crippen molar-refractivity contribution in [2.24, 2.45) is 11.5 Å². The maximum Gasteiger partial charge on any atom is 0.323 e. The lowest BCUT2D eigenvalue weighted by atomic mass is 10.2. The Hall–Kier alpha value is -4.29. The number of anilines is 3. The minimum Gasteiger partial charge on any atom is -0.458 e. The molecule has 8 N–H and O–H groups in total. The van der Waals surface area contributed by atoms with Crippen LogP contribution < -0.4 is 37.7 Å². The molecule has 4 aromatic rings. The van der Waals surface area contributed by atoms with E-state index < -0.39 is 12.2 Å². The van der Waals surface area contributed by atoms with Crippen LogP contribution in [0.3, 0.4) is 0 Å². The van der Waals surface area contributed by atoms with Gasteiger partial charge in [0.25, 0.3) is 5.91 Å². The van der Waals surface area contributed by atoms with Crippen molar-refractivity contribution in [2.45, 2.75) is 19.4 Å². The van der Waals surface area contributed by atoms with Gasteiger partial charge in [-0.1, -0.05) is 60.1 Å². The summed E-state index contributed by atoms with van der Waals surface area (Å²) in [6.07, 6.45) is -0.886. The highest BCUT2D eigenvalue weighted by Crippen LogP contribution is 2.19. The van der Waals surface area contributed by atoms with Crippen molar-refractivity contribution in [3.8, 4) is 6.01 Å². The van der Waals surface area contributed by atoms with Crippen molar-refractivity contribution in [1.29, 1.82) is 0 Å². The molecule has 0 radical (unpaired) electrons. The van der Waals surface area contributed by atoms with E-state index in [2.05, 4.69) is 36.4 Å². The third-order valence-electron chi connectivity index (χ3n) is 4.92. The number of aromatic nitrogens is 3. The largest absolute Gasteiger partial charge is 0.458 e. The quantitative estimate of drug-likeness (QED) is 0.128. The average Bonchev–Trinajstić information content (AvgIpc) is 2.91. The van der Waals surface area contributed by atoms with Crippen LogP contribution in [0.2, 0.25) is 5.02 Å². The number of carbonyl (C=O) groups excluding carboxylic acids is 1. The number of rotatable bonds is 11. The van der Waals surface area contributed by atoms with Gasteiger partial charge < -0.3 is 26.8 Å². The Bertz CT molecular complexity index is 1320. The predicted octanol–water partition coefficient (Wildman–Crippen LogP) is 2.90. The van der Waals surface area contributed by atoms with Crippen LogP contribution in [0.15, 0.2) is 78.9 Å². The summed E-state index contributed by atoms with van der Waals surface area (Å²) in [6, 6.07) is 24.0. The number of carbonyl (C=O) groups is 1. The standard InChI is InChI=1S/C25H26ClN9O2/c26-19-11-9-16(10-12-19)14-29-23-31-24(33-25(32-23)37-15-17-5-2-1-3-6-17)30-20-8-4-7-18(13-20)21(36)34-35-22(27)28/h1-13,22,35H,14-15,27-28H2,(H,34,36)(H2,29,30,31,32,33). The Morgan fingerprint density at radius 2 is 1.65 bits per heavy atom. The van der Waals surface area contributed by atoms with Crippen molar-refractivity contribution in [3.05, 3.63) is 101 Å². The molecule has 0 aliphatic heterocycles. The van der Waals surface area contributed by atoms with Crippen LogP contribution in [0.4, 0.5) is 17.6 Å². The number of amides is 1. The Labute approximate surface area is 218 Å². The van der Waals surface area contributed by atoms with E-state index in [0.29, 0.717) is 28.8 Å². The first kappa shape index (κ1) is 25.8. The molecule has 1 heterocycles. The summed E-state index contributed by atoms with van der Waals surface area (Å²) >= 11 is 5.98. The van der Waals surface area contributed by atoms with Crippen LogP contribution in [-0.2, 0) is 13.2 Å². The fourth-order valence-electron chi connectivity index (χ4n) is 3.15. The predicted molar refractivity (Wildman–Crippen MR) is 142 cm³/mol. The maximum atomic E-state index is 12.3. The van der Waals surface area contributed by atoms with Gasteiger partial charge in [0, 0.05) is 22.8 Å². The van der Waals surface area contributed by atoms with Gasteiger partial charge in [0.15, 0.2) is 0 Å². The van der Waals surface area contributed by atoms with Gasteiger partial charge in [0.2, 0.25) is 11.9 Å². The smallest absolute Gasteiger partial charge is 0.323 e. The van der Waals surface area contributed by atoms with Gasteiger partial charge in [0.05, 0.1) is 0 Å². The van der Waals surface area contributed by atoms with Gasteiger partial charge in [-0.2, -0.15) is 15.0 Å². The minimum atomic E-state index is -0.886. The Morgan fingerprint density at radius 3 is 2.41 bits per heavy atom. The molecule has 37 heavy (non-hydrogen) atoms. The molecule has 1 aromatic heterocycles. The van der Waals surface area contributed by atoms with E-state index in [9.17, 15) is 4.79 Å². The lowest BCUT2D eigenvalue weighted by Gasteiger charge is -2.12. The van der Waals surface area contributed by atoms with Crippen molar-refractivity contribution in [2.75, 3.05) is 10.6 Å². The first-order valence-electron chi connectivity index (χ1n) is 11.3. The first-order chi connectivity index (χ1) is 17.9. The SMILES string of the molecule is NC(N)NNC(=O)c1cccc(Nc2nc(NCc3ccc(Cl)cc3)nc(OCc3ccccc3)n2)c1. The zero-order valence-electron chi connectivity index (χ0n) is 19.7. The number of nitrogens with one attached hydrogen (secondary N) is 4. The molecule has 0 fully saturated rings. The van der Waals surface area contributed by atoms with E-state index in [-0.39, 0.29) is 18.6 Å². The van der Waals surface area contributed by atoms with Crippen molar-refractivity contribution in [3.63, 3.8) is 0 Å². The fraction of sp³-hybridized carbons (Fsp3) is 0.120. The van der Waals surface area contributed by atoms with E-state index in [4.69, 9.17) is 27.8 Å². The van der Waals surface area contributed by atoms with Gasteiger partial charge >= 0.3 is 6.01 Å². The summed E-state index contributed by atoms with van der Waals surface area (Å²) in [5, 5.41) is 6.94. The summed E-state index contributed by atoms with van der Waals surface area (Å²) in [6.45, 7) is 0.748. The Kier molecular flexibility index (Phi) is 8.79. The summed E-state index contributed by atoms with van der Waals surface area (Å²) in [4.78, 5) is 25.6. The van der Waals surface area contributed by atoms with Crippen LogP contribution in [0.5, 0.6) is 6.01 Å². The monoisotopic (exact) mass is 519 g/mol. The van der Waals surface area contributed by atoms with Crippen LogP contribution in [-0.4, -0.2) is 27.1 Å². The third kappa shape index (κ3) is 8.12. The summed E-state index contributed by atoms with van der Waals surface area (Å²) < 4.78 is 5.84. The summed E-state index contributed by atoms with van der Waals surface area (Å²) in [5.41, 5.74) is 18.6. The Morgan fingerprint density at radius 1 is 0.892 bits per heavy atom. The zero-order valence-corrected chi connectivity index (χ0v) is 20.4. The number of hydrogen-bond acceptors (Lipinski definition) is 10. The van der Waals surface area contributed by atoms with Crippen LogP contribution >= 0.6 is 11.6 Å². The number of benzene rings is 3. The number of hydrazine groups is 1. The molecule has 12 heteroatoms. The van der Waals surface area contributed by atoms with E-state index in [1.54, 1.807) is 24.3 Å². The average molecular weight is 520 g/mol. The normalized spacial score (nSPS) is 10.7. The fourth-order valence-corrected chi connectivity index (χ4v) is 3.28. The molecular formula is C25H26ClN9O2. The highest BCUT2D eigenvalue weighted by atomic mass is 35.5. The third-order valence-corrected chi connectivity index (χ3v) is 5.17. The molecule has 11 nitrogen and oxygen atoms in total. The van der Waals surface area contributed by atoms with Gasteiger partial charge in [-0.3, -0.25) is 10.2 Å². The number of halogens is 1. The van der Waals surface area contributed by atoms with Gasteiger partial charge in [-0.05, 0) is 41.5 Å². The van der Waals surface area contributed by atoms with E-state index in [1.807, 2.05) is 54.6 Å². The molecule has 0 saturated heterocycles. The summed E-state index contributed by atoms with van der Waals surface area (Å²) in [5.74, 6) is 0.138. The molecule has 4 rings (SSSR count). The topological polar surface area (TPSA) is 165 Å². The van der Waals surface area contributed by atoms with E-state index >= 15 is 0 Å². The Balaban J connectivity index is 1.52. The molecule has 3 aromatic carbocycles. The molecule has 1 amide bonds. The number of nitrogens with zero attached hydrogens (tertiary/aromatic N) is 3. The van der Waals surface area contributed by atoms with Crippen LogP contribution in [0, 0.1) is 0 Å². The second-order valence-electron chi connectivity index (χ2n) is 7.85. The van der Waals surface area contributed by atoms with Crippen LogP contribution in [0.25, 0.3) is 0 Å². The second kappa shape index (κ2) is 12.6. The highest BCUT2D eigenvalue weighted by Gasteiger charge is 2.11. The highest BCUT2D eigenvalue weighted by molar-refractivity contribution is 6.30. The van der Waals surface area contributed by atoms with Crippen molar-refractivity contribution < 1.29 is 9.53 Å². The van der Waals surface area contributed by atoms with E-state index in [1.165, 1.54) is 0 Å². The molecule has 190 valence electrons. The second-order valence-corrected chi connectivity index (χ2v) is 8.29. The lowest BCUT2D eigenvalue weighted by Crippen LogP contribution is -2.53. The van der Waals surface area contributed by atoms with E-state index in [0.717, 1.165) is 11.1 Å². The zero-order chi connectivity index (χ0) is 26.0. The molecule has 0 aliphatic rings. The number of hydrogen-bond donors (Lipinski definition) is 6. The van der Waals surface area contributed by atoms with Crippen LogP contribution in [0.1, 0.15) is 21.5 Å². The molecule has 0 unspecified atom stereocenters. The van der Waals surface area contributed by atoms with Crippen molar-refractivity contribution >= 4 is 35.1 Å². The molecule has 0 saturated carbocycles. The van der Waals surface area contributed by atoms with Gasteiger partial charge in [0.1, 0.15) is 12.9 Å². The summed E-state index contributed by atoms with van der Waals surface area (Å²) in [7, 11) is 0. The minimum absolute atomic E-state index is 0.134. The molecule has 0 aliphatic carbocycles. The molecule has 0 bridgehead atoms. The van der Waals surface area contributed by atoms with Gasteiger partial charge in [-0.25, -0.2) is 5.43 Å². The number of nitrogens with two attached hydrogens (primary N) is 2. The first-order valence-corrected chi connectivity index (χ1v) is 11.7. The number of ether oxygens (including phenoxy) is 1. The molecule has 0 atom stereocenters. The lowest BCUT2D eigenvalue weighted by molar-refractivity contribution is 0.0925. The van der Waals surface area contributed by atoms with Gasteiger partial charge in [-0.15, -0.1) is 0 Å². The molecule has 0 spiro atoms. The molecular weight excluding hydrogens is 494 g/mol.